The fraction of sp³-hybridized carbons (Fsp3) is 0.727. The molecule has 1 N–H and O–H groups in total. The van der Waals surface area contributed by atoms with E-state index in [2.05, 4.69) is 0 Å². The lowest BCUT2D eigenvalue weighted by Crippen LogP contribution is -2.17. The number of ether oxygens (including phenoxy) is 1. The van der Waals surface area contributed by atoms with Crippen LogP contribution in [-0.2, 0) is 9.53 Å². The molecule has 17 heavy (non-hydrogen) atoms. The summed E-state index contributed by atoms with van der Waals surface area (Å²) in [6.07, 6.45) is -1.29. The number of aliphatic carboxylic acids is 1. The van der Waals surface area contributed by atoms with E-state index >= 15 is 0 Å². The van der Waals surface area contributed by atoms with Crippen LogP contribution in [0.15, 0.2) is 12.2 Å². The molecule has 0 saturated carbocycles. The van der Waals surface area contributed by atoms with E-state index in [0.29, 0.717) is 12.8 Å². The molecule has 0 rings (SSSR count). The lowest BCUT2D eigenvalue weighted by molar-refractivity contribution is -0.143. The van der Waals surface area contributed by atoms with Gasteiger partial charge in [-0.05, 0) is 6.42 Å². The molecule has 0 saturated heterocycles. The highest BCUT2D eigenvalue weighted by Crippen LogP contribution is 2.18. The fourth-order valence-electron chi connectivity index (χ4n) is 1.23. The summed E-state index contributed by atoms with van der Waals surface area (Å²) in [7, 11) is 0. The maximum atomic E-state index is 11.9. The molecule has 3 nitrogen and oxygen atoms in total. The van der Waals surface area contributed by atoms with Gasteiger partial charge in [0.2, 0.25) is 0 Å². The molecular weight excluding hydrogens is 237 g/mol. The van der Waals surface area contributed by atoms with Crippen molar-refractivity contribution in [2.24, 2.45) is 0 Å². The van der Waals surface area contributed by atoms with Gasteiger partial charge in [0.25, 0.3) is 0 Å². The Morgan fingerprint density at radius 2 is 2.06 bits per heavy atom. The normalized spacial score (nSPS) is 14.1. The van der Waals surface area contributed by atoms with Crippen LogP contribution in [0.25, 0.3) is 0 Å². The molecule has 0 aliphatic carbocycles. The zero-order valence-electron chi connectivity index (χ0n) is 9.67. The Morgan fingerprint density at radius 1 is 1.41 bits per heavy atom. The van der Waals surface area contributed by atoms with Crippen molar-refractivity contribution in [1.29, 1.82) is 0 Å². The van der Waals surface area contributed by atoms with Crippen molar-refractivity contribution in [3.63, 3.8) is 0 Å². The first kappa shape index (κ1) is 16.0. The summed E-state index contributed by atoms with van der Waals surface area (Å²) in [5, 5.41) is 8.39. The van der Waals surface area contributed by atoms with E-state index in [9.17, 15) is 18.0 Å². The monoisotopic (exact) mass is 254 g/mol. The number of carboxylic acids is 1. The summed E-state index contributed by atoms with van der Waals surface area (Å²) in [5.41, 5.74) is 0. The summed E-state index contributed by atoms with van der Waals surface area (Å²) in [5.74, 6) is -1.19. The van der Waals surface area contributed by atoms with Crippen molar-refractivity contribution in [3.8, 4) is 0 Å². The molecule has 1 atom stereocenters. The van der Waals surface area contributed by atoms with E-state index < -0.39 is 24.9 Å². The molecule has 6 heteroatoms. The third-order valence-electron chi connectivity index (χ3n) is 2.01. The molecule has 0 aliphatic heterocycles. The smallest absolute Gasteiger partial charge is 0.409 e. The molecule has 0 radical (unpaired) electrons. The van der Waals surface area contributed by atoms with Gasteiger partial charge in [-0.2, -0.15) is 13.2 Å². The first-order valence-electron chi connectivity index (χ1n) is 5.44. The van der Waals surface area contributed by atoms with E-state index in [1.54, 1.807) is 0 Å². The van der Waals surface area contributed by atoms with Crippen molar-refractivity contribution in [2.75, 3.05) is 6.61 Å². The largest absolute Gasteiger partial charge is 0.480 e. The van der Waals surface area contributed by atoms with Gasteiger partial charge in [0.05, 0.1) is 6.10 Å². The summed E-state index contributed by atoms with van der Waals surface area (Å²) in [4.78, 5) is 10.3. The maximum Gasteiger partial charge on any atom is 0.409 e. The first-order valence-corrected chi connectivity index (χ1v) is 5.44. The van der Waals surface area contributed by atoms with Gasteiger partial charge < -0.3 is 9.84 Å². The zero-order chi connectivity index (χ0) is 13.3. The molecule has 0 aliphatic rings. The predicted molar refractivity (Wildman–Crippen MR) is 56.7 cm³/mol. The van der Waals surface area contributed by atoms with Gasteiger partial charge in [-0.25, -0.2) is 4.79 Å². The van der Waals surface area contributed by atoms with Crippen LogP contribution in [0.3, 0.4) is 0 Å². The number of halogens is 3. The van der Waals surface area contributed by atoms with Crippen LogP contribution in [0.1, 0.15) is 32.6 Å². The van der Waals surface area contributed by atoms with Gasteiger partial charge >= 0.3 is 12.1 Å². The fourth-order valence-corrected chi connectivity index (χ4v) is 1.23. The van der Waals surface area contributed by atoms with Crippen LogP contribution in [0.5, 0.6) is 0 Å². The first-order chi connectivity index (χ1) is 7.85. The van der Waals surface area contributed by atoms with Crippen LogP contribution in [0.2, 0.25) is 0 Å². The molecule has 0 heterocycles. The highest BCUT2D eigenvalue weighted by atomic mass is 19.4. The number of hydrogen-bond donors (Lipinski definition) is 1. The van der Waals surface area contributed by atoms with Gasteiger partial charge in [0, 0.05) is 6.08 Å². The molecular formula is C11H17F3O3. The second-order valence-corrected chi connectivity index (χ2v) is 3.64. The second kappa shape index (κ2) is 8.11. The minimum atomic E-state index is -4.39. The average Bonchev–Trinajstić information content (AvgIpc) is 2.20. The molecule has 100 valence electrons. The Hall–Kier alpha value is -1.04. The number of allylic oxidation sites excluding steroid dienone is 1. The number of rotatable bonds is 8. The Kier molecular flexibility index (Phi) is 7.61. The lowest BCUT2D eigenvalue weighted by Gasteiger charge is -2.12. The van der Waals surface area contributed by atoms with E-state index in [4.69, 9.17) is 9.84 Å². The minimum Gasteiger partial charge on any atom is -0.480 e. The van der Waals surface area contributed by atoms with E-state index in [0.717, 1.165) is 18.9 Å². The number of hydrogen-bond acceptors (Lipinski definition) is 2. The Balaban J connectivity index is 4.19. The third kappa shape index (κ3) is 11.2. The molecule has 0 aromatic carbocycles. The van der Waals surface area contributed by atoms with Gasteiger partial charge in [-0.1, -0.05) is 32.3 Å². The summed E-state index contributed by atoms with van der Waals surface area (Å²) in [6.45, 7) is 1.39. The van der Waals surface area contributed by atoms with E-state index in [1.165, 1.54) is 0 Å². The van der Waals surface area contributed by atoms with Crippen molar-refractivity contribution in [1.82, 2.24) is 0 Å². The number of carbonyl (C=O) groups is 1. The third-order valence-corrected chi connectivity index (χ3v) is 2.01. The highest BCUT2D eigenvalue weighted by molar-refractivity contribution is 5.68. The standard InChI is InChI=1S/C11H17F3O3/c1-2-3-4-5-9(17-8-10(15)16)6-7-11(12,13)14/h6-7,9H,2-5,8H2,1H3,(H,15,16)/b7-6-/t9-/m0/s1. The van der Waals surface area contributed by atoms with E-state index in [1.807, 2.05) is 6.92 Å². The quantitative estimate of drug-likeness (QED) is 0.534. The average molecular weight is 254 g/mol. The second-order valence-electron chi connectivity index (χ2n) is 3.64. The summed E-state index contributed by atoms with van der Waals surface area (Å²) >= 11 is 0. The van der Waals surface area contributed by atoms with Crippen LogP contribution in [0, 0.1) is 0 Å². The van der Waals surface area contributed by atoms with Gasteiger partial charge in [-0.15, -0.1) is 0 Å². The topological polar surface area (TPSA) is 46.5 Å². The molecule has 0 aromatic rings. The molecule has 0 bridgehead atoms. The molecule has 0 amide bonds. The molecule has 0 spiro atoms. The van der Waals surface area contributed by atoms with Crippen LogP contribution in [0.4, 0.5) is 13.2 Å². The maximum absolute atomic E-state index is 11.9. The Morgan fingerprint density at radius 3 is 2.53 bits per heavy atom. The van der Waals surface area contributed by atoms with Crippen molar-refractivity contribution in [3.05, 3.63) is 12.2 Å². The molecule has 0 fully saturated rings. The zero-order valence-corrected chi connectivity index (χ0v) is 9.67. The van der Waals surface area contributed by atoms with Crippen molar-refractivity contribution < 1.29 is 27.8 Å². The molecule has 0 unspecified atom stereocenters. The molecule has 0 aromatic heterocycles. The van der Waals surface area contributed by atoms with Crippen molar-refractivity contribution in [2.45, 2.75) is 44.9 Å². The predicted octanol–water partition coefficient (Wildman–Crippen LogP) is 3.16. The van der Waals surface area contributed by atoms with Gasteiger partial charge in [0.1, 0.15) is 6.61 Å². The number of unbranched alkanes of at least 4 members (excludes halogenated alkanes) is 2. The van der Waals surface area contributed by atoms with Gasteiger partial charge in [0.15, 0.2) is 0 Å². The highest BCUT2D eigenvalue weighted by Gasteiger charge is 2.23. The van der Waals surface area contributed by atoms with Gasteiger partial charge in [-0.3, -0.25) is 0 Å². The van der Waals surface area contributed by atoms with Crippen LogP contribution in [-0.4, -0.2) is 30.0 Å². The van der Waals surface area contributed by atoms with Crippen molar-refractivity contribution >= 4 is 5.97 Å². The Labute approximate surface area is 98.3 Å². The van der Waals surface area contributed by atoms with Crippen LogP contribution >= 0.6 is 0 Å². The lowest BCUT2D eigenvalue weighted by atomic mass is 10.1. The van der Waals surface area contributed by atoms with Crippen LogP contribution < -0.4 is 0 Å². The summed E-state index contributed by atoms with van der Waals surface area (Å²) < 4.78 is 40.7. The SMILES string of the molecule is CCCCC[C@@H](/C=C\C(F)(F)F)OCC(=O)O. The number of carboxylic acid groups (broad SMARTS) is 1. The minimum absolute atomic E-state index is 0.0888. The Bertz CT molecular complexity index is 249. The summed E-state index contributed by atoms with van der Waals surface area (Å²) in [6, 6.07) is 0. The van der Waals surface area contributed by atoms with E-state index in [-0.39, 0.29) is 6.08 Å². The number of alkyl halides is 3.